The topological polar surface area (TPSA) is 0 Å². The van der Waals surface area contributed by atoms with Crippen LogP contribution in [0.1, 0.15) is 100 Å². The molecule has 0 aromatic rings. The van der Waals surface area contributed by atoms with E-state index < -0.39 is 0 Å². The van der Waals surface area contributed by atoms with Crippen molar-refractivity contribution in [2.24, 2.45) is 21.7 Å². The lowest BCUT2D eigenvalue weighted by Gasteiger charge is -2.35. The van der Waals surface area contributed by atoms with E-state index in [1.165, 1.54) is 70.2 Å². The average Bonchev–Trinajstić information content (AvgIpc) is 2.84. The van der Waals surface area contributed by atoms with E-state index in [2.05, 4.69) is 55.4 Å². The fourth-order valence-corrected chi connectivity index (χ4v) is 7.47. The molecule has 2 aliphatic heterocycles. The molecule has 0 spiro atoms. The fraction of sp³-hybridized carbons (Fsp3) is 0.852. The second-order valence-electron chi connectivity index (χ2n) is 13.8. The lowest BCUT2D eigenvalue weighted by atomic mass is 9.35. The summed E-state index contributed by atoms with van der Waals surface area (Å²) in [7, 11) is 0. The number of rotatable bonds is 2. The number of fused-ring (bicyclic) bond motifs is 1. The van der Waals surface area contributed by atoms with Crippen LogP contribution in [0.4, 0.5) is 0 Å². The molecule has 4 rings (SSSR count). The first-order valence-electron chi connectivity index (χ1n) is 12.8. The zero-order valence-corrected chi connectivity index (χ0v) is 20.9. The molecule has 0 radical (unpaired) electrons. The van der Waals surface area contributed by atoms with E-state index in [0.717, 1.165) is 13.4 Å². The molecular formula is C27H46B2. The maximum atomic E-state index is 2.53. The SMILES string of the molecule is CC1(C)CB(C2=C3CCCCCC3=C(B3CC(C)(C)C(C)(C)C3)CC2)CC1(C)C. The molecule has 2 heteroatoms. The number of allylic oxidation sites excluding steroid dienone is 4. The van der Waals surface area contributed by atoms with Crippen molar-refractivity contribution in [2.45, 2.75) is 126 Å². The van der Waals surface area contributed by atoms with E-state index in [4.69, 9.17) is 0 Å². The Hall–Kier alpha value is -0.390. The van der Waals surface area contributed by atoms with Gasteiger partial charge in [0.1, 0.15) is 0 Å². The Morgan fingerprint density at radius 3 is 1.07 bits per heavy atom. The van der Waals surface area contributed by atoms with Crippen molar-refractivity contribution >= 4 is 13.4 Å². The van der Waals surface area contributed by atoms with Crippen LogP contribution in [0.2, 0.25) is 25.3 Å². The van der Waals surface area contributed by atoms with E-state index in [-0.39, 0.29) is 0 Å². The van der Waals surface area contributed by atoms with Crippen LogP contribution < -0.4 is 0 Å². The summed E-state index contributed by atoms with van der Waals surface area (Å²) in [5.74, 6) is 0. The lowest BCUT2D eigenvalue weighted by Crippen LogP contribution is -2.25. The minimum absolute atomic E-state index is 0.472. The third kappa shape index (κ3) is 3.63. The summed E-state index contributed by atoms with van der Waals surface area (Å²) >= 11 is 0. The number of hydrogen-bond donors (Lipinski definition) is 0. The monoisotopic (exact) mass is 392 g/mol. The van der Waals surface area contributed by atoms with Crippen molar-refractivity contribution in [3.63, 3.8) is 0 Å². The molecule has 2 saturated heterocycles. The highest BCUT2D eigenvalue weighted by Gasteiger charge is 2.51. The molecule has 0 amide bonds. The summed E-state index contributed by atoms with van der Waals surface area (Å²) in [6.07, 6.45) is 15.4. The van der Waals surface area contributed by atoms with Crippen LogP contribution in [0.25, 0.3) is 0 Å². The molecule has 2 heterocycles. The van der Waals surface area contributed by atoms with Crippen LogP contribution in [0.15, 0.2) is 22.1 Å². The Balaban J connectivity index is 1.71. The van der Waals surface area contributed by atoms with Crippen LogP contribution >= 0.6 is 0 Å². The molecule has 0 atom stereocenters. The summed E-state index contributed by atoms with van der Waals surface area (Å²) in [6, 6.07) is 0. The minimum atomic E-state index is 0.472. The molecule has 3 fully saturated rings. The predicted octanol–water partition coefficient (Wildman–Crippen LogP) is 8.54. The van der Waals surface area contributed by atoms with Gasteiger partial charge in [-0.25, -0.2) is 0 Å². The van der Waals surface area contributed by atoms with Crippen molar-refractivity contribution < 1.29 is 0 Å². The van der Waals surface area contributed by atoms with Gasteiger partial charge in [-0.1, -0.05) is 109 Å². The summed E-state index contributed by atoms with van der Waals surface area (Å²) in [6.45, 7) is 21.9. The second-order valence-corrected chi connectivity index (χ2v) is 13.8. The zero-order valence-electron chi connectivity index (χ0n) is 20.9. The molecular weight excluding hydrogens is 346 g/mol. The van der Waals surface area contributed by atoms with Gasteiger partial charge in [0.25, 0.3) is 0 Å². The predicted molar refractivity (Wildman–Crippen MR) is 132 cm³/mol. The quantitative estimate of drug-likeness (QED) is 0.413. The highest BCUT2D eigenvalue weighted by atomic mass is 14.4. The molecule has 0 nitrogen and oxygen atoms in total. The van der Waals surface area contributed by atoms with Gasteiger partial charge in [-0.3, -0.25) is 0 Å². The molecule has 0 aromatic heterocycles. The number of hydrogen-bond acceptors (Lipinski definition) is 0. The molecule has 0 aromatic carbocycles. The summed E-state index contributed by atoms with van der Waals surface area (Å²) in [5.41, 5.74) is 9.48. The maximum Gasteiger partial charge on any atom is 0.172 e. The summed E-state index contributed by atoms with van der Waals surface area (Å²) < 4.78 is 0. The first-order valence-corrected chi connectivity index (χ1v) is 12.8. The van der Waals surface area contributed by atoms with E-state index >= 15 is 0 Å². The molecule has 160 valence electrons. The molecule has 0 N–H and O–H groups in total. The molecule has 0 bridgehead atoms. The van der Waals surface area contributed by atoms with Crippen molar-refractivity contribution in [3.05, 3.63) is 22.1 Å². The fourth-order valence-electron chi connectivity index (χ4n) is 7.47. The second kappa shape index (κ2) is 7.06. The van der Waals surface area contributed by atoms with Crippen molar-refractivity contribution in [2.75, 3.05) is 0 Å². The van der Waals surface area contributed by atoms with Crippen molar-refractivity contribution in [1.29, 1.82) is 0 Å². The average molecular weight is 392 g/mol. The van der Waals surface area contributed by atoms with E-state index in [0.29, 0.717) is 21.7 Å². The van der Waals surface area contributed by atoms with Crippen molar-refractivity contribution in [1.82, 2.24) is 0 Å². The van der Waals surface area contributed by atoms with Gasteiger partial charge >= 0.3 is 0 Å². The summed E-state index contributed by atoms with van der Waals surface area (Å²) in [4.78, 5) is 0. The molecule has 29 heavy (non-hydrogen) atoms. The third-order valence-electron chi connectivity index (χ3n) is 10.8. The lowest BCUT2D eigenvalue weighted by molar-refractivity contribution is 0.177. The third-order valence-corrected chi connectivity index (χ3v) is 10.8. The molecule has 1 saturated carbocycles. The highest BCUT2D eigenvalue weighted by Crippen LogP contribution is 2.58. The van der Waals surface area contributed by atoms with Gasteiger partial charge in [0, 0.05) is 0 Å². The van der Waals surface area contributed by atoms with Crippen LogP contribution in [-0.2, 0) is 0 Å². The molecule has 0 unspecified atom stereocenters. The van der Waals surface area contributed by atoms with E-state index in [1.807, 2.05) is 22.1 Å². The van der Waals surface area contributed by atoms with Gasteiger partial charge in [-0.15, -0.1) is 0 Å². The molecule has 2 aliphatic carbocycles. The minimum Gasteiger partial charge on any atom is -0.0974 e. The van der Waals surface area contributed by atoms with Gasteiger partial charge in [0.05, 0.1) is 0 Å². The Labute approximate surface area is 182 Å². The normalized spacial score (nSPS) is 30.6. The zero-order chi connectivity index (χ0) is 21.2. The van der Waals surface area contributed by atoms with Gasteiger partial charge < -0.3 is 0 Å². The van der Waals surface area contributed by atoms with Gasteiger partial charge in [-0.2, -0.15) is 0 Å². The Morgan fingerprint density at radius 2 is 0.759 bits per heavy atom. The maximum absolute atomic E-state index is 2.53. The van der Waals surface area contributed by atoms with Crippen LogP contribution in [-0.4, -0.2) is 13.4 Å². The standard InChI is InChI=1S/C27H46B2/c1-24(2)16-28(17-25(24,3)4)22-14-15-23(21-13-11-9-10-12-20(21)22)29-18-26(5,6)27(7,8)19-29/h9-19H2,1-8H3. The Morgan fingerprint density at radius 1 is 0.448 bits per heavy atom. The van der Waals surface area contributed by atoms with Gasteiger partial charge in [0.2, 0.25) is 0 Å². The Kier molecular flexibility index (Phi) is 5.32. The van der Waals surface area contributed by atoms with E-state index in [9.17, 15) is 0 Å². The highest BCUT2D eigenvalue weighted by molar-refractivity contribution is 6.70. The Bertz CT molecular complexity index is 638. The first kappa shape index (κ1) is 21.8. The van der Waals surface area contributed by atoms with Crippen molar-refractivity contribution in [3.8, 4) is 0 Å². The van der Waals surface area contributed by atoms with Gasteiger partial charge in [0.15, 0.2) is 13.4 Å². The van der Waals surface area contributed by atoms with Crippen LogP contribution in [0.3, 0.4) is 0 Å². The molecule has 4 aliphatic rings. The first-order chi connectivity index (χ1) is 13.3. The van der Waals surface area contributed by atoms with E-state index in [1.54, 1.807) is 0 Å². The largest absolute Gasteiger partial charge is 0.172 e. The van der Waals surface area contributed by atoms with Gasteiger partial charge in [-0.05, 0) is 60.2 Å². The smallest absolute Gasteiger partial charge is 0.0974 e. The summed E-state index contributed by atoms with van der Waals surface area (Å²) in [5, 5.41) is 0. The van der Waals surface area contributed by atoms with Crippen LogP contribution in [0.5, 0.6) is 0 Å². The van der Waals surface area contributed by atoms with Crippen LogP contribution in [0, 0.1) is 21.7 Å².